The van der Waals surface area contributed by atoms with Crippen molar-refractivity contribution < 1.29 is 53.3 Å². The summed E-state index contributed by atoms with van der Waals surface area (Å²) in [6, 6.07) is 15.2. The van der Waals surface area contributed by atoms with E-state index in [4.69, 9.17) is 45.7 Å². The Bertz CT molecular complexity index is 1820. The number of carbonyl (C=O) groups is 3. The summed E-state index contributed by atoms with van der Waals surface area (Å²) >= 11 is 6.47. The fraction of sp³-hybridized carbons (Fsp3) is 0.457. The number of ether oxygens (including phenoxy) is 5. The quantitative estimate of drug-likeness (QED) is 0.0311. The van der Waals surface area contributed by atoms with Crippen molar-refractivity contribution in [3.8, 4) is 22.5 Å². The van der Waals surface area contributed by atoms with Gasteiger partial charge in [0.15, 0.2) is 10.8 Å². The van der Waals surface area contributed by atoms with Crippen molar-refractivity contribution in [2.24, 2.45) is 0 Å². The minimum atomic E-state index is -1.22. The van der Waals surface area contributed by atoms with Crippen molar-refractivity contribution in [2.75, 3.05) is 19.8 Å². The molecule has 0 fully saturated rings. The van der Waals surface area contributed by atoms with Gasteiger partial charge in [-0.05, 0) is 61.4 Å². The summed E-state index contributed by atoms with van der Waals surface area (Å²) in [6.45, 7) is 7.23. The lowest BCUT2D eigenvalue weighted by Gasteiger charge is -2.16. The van der Waals surface area contributed by atoms with Gasteiger partial charge >= 0.3 is 18.3 Å². The van der Waals surface area contributed by atoms with Gasteiger partial charge in [-0.15, -0.1) is 15.0 Å². The van der Waals surface area contributed by atoms with Gasteiger partial charge in [0.2, 0.25) is 18.3 Å². The van der Waals surface area contributed by atoms with Crippen molar-refractivity contribution in [3.05, 3.63) is 70.8 Å². The zero-order chi connectivity index (χ0) is 39.0. The van der Waals surface area contributed by atoms with Crippen LogP contribution in [0.5, 0.6) is 0 Å². The Morgan fingerprint density at radius 2 is 1.57 bits per heavy atom. The molecule has 0 spiro atoms. The molecule has 0 aliphatic carbocycles. The van der Waals surface area contributed by atoms with Crippen molar-refractivity contribution in [1.29, 1.82) is 0 Å². The first-order chi connectivity index (χ1) is 26.0. The molecule has 292 valence electrons. The van der Waals surface area contributed by atoms with E-state index in [0.29, 0.717) is 42.9 Å². The van der Waals surface area contributed by atoms with Crippen LogP contribution in [0.15, 0.2) is 48.5 Å². The van der Waals surface area contributed by atoms with Gasteiger partial charge in [-0.25, -0.2) is 19.4 Å². The number of unbranched alkanes of at least 4 members (excludes halogenated alkanes) is 3. The van der Waals surface area contributed by atoms with Crippen LogP contribution in [0.2, 0.25) is 5.15 Å². The van der Waals surface area contributed by atoms with E-state index in [9.17, 15) is 14.4 Å². The first-order valence-corrected chi connectivity index (χ1v) is 17.8. The van der Waals surface area contributed by atoms with Crippen molar-refractivity contribution >= 4 is 29.9 Å². The van der Waals surface area contributed by atoms with Gasteiger partial charge < -0.3 is 28.3 Å². The van der Waals surface area contributed by atoms with Crippen molar-refractivity contribution in [1.82, 2.24) is 35.1 Å². The third-order valence-corrected chi connectivity index (χ3v) is 8.02. The molecule has 0 amide bonds. The van der Waals surface area contributed by atoms with Crippen LogP contribution < -0.4 is 0 Å². The average Bonchev–Trinajstić information content (AvgIpc) is 3.75. The molecule has 2 aromatic heterocycles. The highest BCUT2D eigenvalue weighted by Gasteiger charge is 2.26. The summed E-state index contributed by atoms with van der Waals surface area (Å²) in [6.07, 6.45) is -0.00167. The molecule has 2 N–H and O–H groups in total. The SMILES string of the molecule is CCCCc1nc(Cl)c(C(=O)OC(C)OC(=O)OCC)n1Cc1ccc(-c2ccccc2-c2nnn(C(C)OC(=O)OCCCCCON(O)O)n2)cc1. The summed E-state index contributed by atoms with van der Waals surface area (Å²) in [5, 5.41) is 29.4. The third-order valence-electron chi connectivity index (χ3n) is 7.76. The van der Waals surface area contributed by atoms with Crippen LogP contribution in [0.25, 0.3) is 22.5 Å². The number of halogens is 1. The highest BCUT2D eigenvalue weighted by Crippen LogP contribution is 2.31. The molecule has 2 aromatic carbocycles. The second kappa shape index (κ2) is 20.9. The van der Waals surface area contributed by atoms with Gasteiger partial charge in [0.05, 0.1) is 25.2 Å². The molecule has 0 bridgehead atoms. The maximum atomic E-state index is 13.3. The molecule has 2 atom stereocenters. The lowest BCUT2D eigenvalue weighted by Crippen LogP contribution is -2.24. The Balaban J connectivity index is 1.44. The van der Waals surface area contributed by atoms with Gasteiger partial charge in [-0.1, -0.05) is 73.5 Å². The highest BCUT2D eigenvalue weighted by atomic mass is 35.5. The Hall–Kier alpha value is -5.14. The van der Waals surface area contributed by atoms with Gasteiger partial charge in [0.1, 0.15) is 5.82 Å². The average molecular weight is 774 g/mol. The summed E-state index contributed by atoms with van der Waals surface area (Å²) in [7, 11) is 0. The molecule has 2 heterocycles. The van der Waals surface area contributed by atoms with E-state index >= 15 is 0 Å². The summed E-state index contributed by atoms with van der Waals surface area (Å²) < 4.78 is 27.2. The number of esters is 1. The molecule has 54 heavy (non-hydrogen) atoms. The van der Waals surface area contributed by atoms with E-state index in [1.165, 1.54) is 11.7 Å². The van der Waals surface area contributed by atoms with Gasteiger partial charge in [0, 0.05) is 25.5 Å². The van der Waals surface area contributed by atoms with Crippen LogP contribution in [-0.4, -0.2) is 90.0 Å². The lowest BCUT2D eigenvalue weighted by atomic mass is 9.98. The minimum Gasteiger partial charge on any atom is -0.435 e. The predicted octanol–water partition coefficient (Wildman–Crippen LogP) is 6.78. The maximum absolute atomic E-state index is 13.3. The van der Waals surface area contributed by atoms with E-state index < -0.39 is 30.8 Å². The molecule has 18 nitrogen and oxygen atoms in total. The molecule has 4 rings (SSSR count). The van der Waals surface area contributed by atoms with Gasteiger partial charge in [0.25, 0.3) is 0 Å². The van der Waals surface area contributed by atoms with E-state index in [1.54, 1.807) is 18.4 Å². The first-order valence-electron chi connectivity index (χ1n) is 17.4. The number of aromatic nitrogens is 6. The number of aryl methyl sites for hydroxylation is 1. The number of nitrogens with zero attached hydrogens (tertiary/aromatic N) is 7. The summed E-state index contributed by atoms with van der Waals surface area (Å²) in [5.74, 6) is 0.126. The van der Waals surface area contributed by atoms with Crippen molar-refractivity contribution in [3.63, 3.8) is 0 Å². The smallest absolute Gasteiger partial charge is 0.435 e. The molecule has 0 radical (unpaired) electrons. The second-order valence-corrected chi connectivity index (χ2v) is 12.1. The maximum Gasteiger partial charge on any atom is 0.511 e. The molecular weight excluding hydrogens is 730 g/mol. The zero-order valence-corrected chi connectivity index (χ0v) is 31.2. The zero-order valence-electron chi connectivity index (χ0n) is 30.4. The van der Waals surface area contributed by atoms with Crippen LogP contribution in [0.4, 0.5) is 9.59 Å². The van der Waals surface area contributed by atoms with Gasteiger partial charge in [-0.2, -0.15) is 0 Å². The molecule has 0 aliphatic rings. The van der Waals surface area contributed by atoms with Crippen LogP contribution in [-0.2, 0) is 41.5 Å². The monoisotopic (exact) mass is 773 g/mol. The van der Waals surface area contributed by atoms with Crippen LogP contribution >= 0.6 is 11.6 Å². The molecule has 2 unspecified atom stereocenters. The first kappa shape index (κ1) is 41.6. The fourth-order valence-corrected chi connectivity index (χ4v) is 5.44. The molecule has 19 heteroatoms. The highest BCUT2D eigenvalue weighted by molar-refractivity contribution is 6.32. The lowest BCUT2D eigenvalue weighted by molar-refractivity contribution is -0.492. The fourth-order valence-electron chi connectivity index (χ4n) is 5.17. The van der Waals surface area contributed by atoms with E-state index in [0.717, 1.165) is 29.5 Å². The molecule has 4 aromatic rings. The Kier molecular flexibility index (Phi) is 16.1. The summed E-state index contributed by atoms with van der Waals surface area (Å²) in [4.78, 5) is 47.2. The van der Waals surface area contributed by atoms with E-state index in [1.807, 2.05) is 55.5 Å². The Morgan fingerprint density at radius 1 is 0.870 bits per heavy atom. The standard InChI is InChI=1S/C35H44ClN7O11/c1-5-7-15-29-37-31(36)30(33(44)53-24(4)54-34(45)49-6-2)41(29)22-25-16-18-26(19-17-25)27-13-9-10-14-28(27)32-38-40-42(39-32)23(3)52-35(46)50-20-11-8-12-21-51-43(47)48/h9-10,13-14,16-19,23-24,47-48H,5-8,11-12,15,20-22H2,1-4H3. The number of benzene rings is 2. The molecule has 0 saturated heterocycles. The van der Waals surface area contributed by atoms with Crippen LogP contribution in [0, 0.1) is 0 Å². The van der Waals surface area contributed by atoms with Crippen LogP contribution in [0.1, 0.15) is 87.9 Å². The normalized spacial score (nSPS) is 12.3. The number of tetrazole rings is 1. The summed E-state index contributed by atoms with van der Waals surface area (Å²) in [5.41, 5.74) is 3.26. The predicted molar refractivity (Wildman–Crippen MR) is 189 cm³/mol. The molecule has 0 saturated carbocycles. The Morgan fingerprint density at radius 3 is 2.28 bits per heavy atom. The van der Waals surface area contributed by atoms with Crippen molar-refractivity contribution in [2.45, 2.75) is 85.3 Å². The van der Waals surface area contributed by atoms with Crippen LogP contribution in [0.3, 0.4) is 0 Å². The third kappa shape index (κ3) is 12.2. The molecule has 0 aliphatic heterocycles. The van der Waals surface area contributed by atoms with E-state index in [2.05, 4.69) is 25.2 Å². The number of carbonyl (C=O) groups excluding carboxylic acids is 3. The largest absolute Gasteiger partial charge is 0.511 e. The minimum absolute atomic E-state index is 0.0177. The second-order valence-electron chi connectivity index (χ2n) is 11.8. The Labute approximate surface area is 316 Å². The van der Waals surface area contributed by atoms with Gasteiger partial charge in [-0.3, -0.25) is 15.3 Å². The number of rotatable bonds is 20. The number of hydrogen-bond acceptors (Lipinski definition) is 16. The topological polar surface area (TPSA) is 212 Å². The molecular formula is C35H44ClN7O11. The van der Waals surface area contributed by atoms with E-state index in [-0.39, 0.29) is 42.6 Å². The number of hydrogen-bond donors (Lipinski definition) is 2. The number of imidazole rings is 1.